The summed E-state index contributed by atoms with van der Waals surface area (Å²) in [4.78, 5) is 0. The second-order valence-electron chi connectivity index (χ2n) is 3.54. The Hall–Kier alpha value is -1.49. The van der Waals surface area contributed by atoms with Gasteiger partial charge in [0.05, 0.1) is 6.61 Å². The van der Waals surface area contributed by atoms with Crippen molar-refractivity contribution in [1.82, 2.24) is 0 Å². The molecule has 1 aliphatic carbocycles. The molecule has 0 aromatic heterocycles. The minimum absolute atomic E-state index is 0.302. The molecule has 0 bridgehead atoms. The molecule has 1 aliphatic rings. The zero-order chi connectivity index (χ0) is 9.97. The molecule has 0 heterocycles. The van der Waals surface area contributed by atoms with Crippen LogP contribution >= 0.6 is 0 Å². The lowest BCUT2D eigenvalue weighted by Crippen LogP contribution is -2.00. The highest BCUT2D eigenvalue weighted by molar-refractivity contribution is 5.37. The first-order chi connectivity index (χ1) is 6.79. The summed E-state index contributed by atoms with van der Waals surface area (Å²) in [6.45, 7) is 0.617. The zero-order valence-corrected chi connectivity index (χ0v) is 7.79. The molecule has 1 aromatic rings. The Morgan fingerprint density at radius 1 is 1.50 bits per heavy atom. The van der Waals surface area contributed by atoms with Gasteiger partial charge in [0.25, 0.3) is 0 Å². The van der Waals surface area contributed by atoms with Crippen LogP contribution in [0, 0.1) is 24.1 Å². The summed E-state index contributed by atoms with van der Waals surface area (Å²) < 4.78 is 18.6. The average molecular weight is 190 g/mol. The van der Waals surface area contributed by atoms with E-state index in [1.165, 1.54) is 18.9 Å². The fourth-order valence-electron chi connectivity index (χ4n) is 1.20. The van der Waals surface area contributed by atoms with Gasteiger partial charge in [-0.25, -0.2) is 4.39 Å². The molecule has 1 fully saturated rings. The van der Waals surface area contributed by atoms with Crippen molar-refractivity contribution in [2.45, 2.75) is 12.8 Å². The van der Waals surface area contributed by atoms with E-state index in [2.05, 4.69) is 5.92 Å². The molecule has 2 rings (SSSR count). The molecule has 0 aliphatic heterocycles. The summed E-state index contributed by atoms with van der Waals surface area (Å²) in [5.41, 5.74) is 0.543. The molecule has 0 spiro atoms. The minimum atomic E-state index is -0.374. The van der Waals surface area contributed by atoms with Crippen LogP contribution in [0.5, 0.6) is 5.75 Å². The van der Waals surface area contributed by atoms with Crippen LogP contribution < -0.4 is 4.74 Å². The van der Waals surface area contributed by atoms with E-state index in [1.807, 2.05) is 0 Å². The van der Waals surface area contributed by atoms with Crippen molar-refractivity contribution in [3.8, 4) is 18.1 Å². The number of rotatable bonds is 3. The van der Waals surface area contributed by atoms with Crippen LogP contribution in [0.2, 0.25) is 0 Å². The number of terminal acetylenes is 1. The predicted octanol–water partition coefficient (Wildman–Crippen LogP) is 2.60. The predicted molar refractivity (Wildman–Crippen MR) is 52.6 cm³/mol. The monoisotopic (exact) mass is 190 g/mol. The van der Waals surface area contributed by atoms with Gasteiger partial charge in [-0.3, -0.25) is 0 Å². The summed E-state index contributed by atoms with van der Waals surface area (Å²) in [5.74, 6) is 2.93. The molecule has 1 aromatic carbocycles. The van der Waals surface area contributed by atoms with Gasteiger partial charge < -0.3 is 4.74 Å². The molecule has 1 saturated carbocycles. The van der Waals surface area contributed by atoms with Gasteiger partial charge in [-0.1, -0.05) is 5.92 Å². The molecule has 0 radical (unpaired) electrons. The second-order valence-corrected chi connectivity index (χ2v) is 3.54. The first-order valence-corrected chi connectivity index (χ1v) is 4.68. The van der Waals surface area contributed by atoms with Gasteiger partial charge in [-0.05, 0) is 37.0 Å². The summed E-state index contributed by atoms with van der Waals surface area (Å²) >= 11 is 0. The number of halogens is 1. The first kappa shape index (κ1) is 9.08. The molecule has 0 N–H and O–H groups in total. The number of hydrogen-bond acceptors (Lipinski definition) is 1. The van der Waals surface area contributed by atoms with Gasteiger partial charge >= 0.3 is 0 Å². The third kappa shape index (κ3) is 2.05. The van der Waals surface area contributed by atoms with Crippen molar-refractivity contribution in [3.05, 3.63) is 29.6 Å². The van der Waals surface area contributed by atoms with Gasteiger partial charge in [0.1, 0.15) is 0 Å². The topological polar surface area (TPSA) is 9.23 Å². The smallest absolute Gasteiger partial charge is 0.166 e. The lowest BCUT2D eigenvalue weighted by atomic mass is 10.2. The Kier molecular flexibility index (Phi) is 2.41. The number of benzene rings is 1. The second kappa shape index (κ2) is 3.71. The standard InChI is InChI=1S/C12H11FO/c1-2-9-5-6-12(11(13)7-9)14-8-10-3-4-10/h1,5-7,10H,3-4,8H2. The highest BCUT2D eigenvalue weighted by Gasteiger charge is 2.22. The Morgan fingerprint density at radius 3 is 2.86 bits per heavy atom. The molecule has 0 atom stereocenters. The van der Waals surface area contributed by atoms with Crippen LogP contribution in [0.4, 0.5) is 4.39 Å². The van der Waals surface area contributed by atoms with Crippen LogP contribution in [0.1, 0.15) is 18.4 Å². The largest absolute Gasteiger partial charge is 0.490 e. The minimum Gasteiger partial charge on any atom is -0.490 e. The van der Waals surface area contributed by atoms with Crippen LogP contribution in [0.15, 0.2) is 18.2 Å². The van der Waals surface area contributed by atoms with Crippen molar-refractivity contribution in [3.63, 3.8) is 0 Å². The Balaban J connectivity index is 2.05. The first-order valence-electron chi connectivity index (χ1n) is 4.68. The normalized spacial score (nSPS) is 14.9. The van der Waals surface area contributed by atoms with Crippen molar-refractivity contribution in [2.24, 2.45) is 5.92 Å². The van der Waals surface area contributed by atoms with Crippen molar-refractivity contribution >= 4 is 0 Å². The molecule has 0 amide bonds. The van der Waals surface area contributed by atoms with E-state index in [0.717, 1.165) is 0 Å². The Morgan fingerprint density at radius 2 is 2.29 bits per heavy atom. The van der Waals surface area contributed by atoms with Crippen LogP contribution in [-0.4, -0.2) is 6.61 Å². The molecule has 2 heteroatoms. The number of ether oxygens (including phenoxy) is 1. The molecule has 72 valence electrons. The van der Waals surface area contributed by atoms with E-state index >= 15 is 0 Å². The van der Waals surface area contributed by atoms with E-state index in [4.69, 9.17) is 11.2 Å². The third-order valence-corrected chi connectivity index (χ3v) is 2.27. The summed E-state index contributed by atoms with van der Waals surface area (Å²) in [5, 5.41) is 0. The maximum atomic E-state index is 13.3. The maximum Gasteiger partial charge on any atom is 0.166 e. The fourth-order valence-corrected chi connectivity index (χ4v) is 1.20. The van der Waals surface area contributed by atoms with Crippen LogP contribution in [-0.2, 0) is 0 Å². The van der Waals surface area contributed by atoms with Gasteiger partial charge in [0.15, 0.2) is 11.6 Å². The number of hydrogen-bond donors (Lipinski definition) is 0. The highest BCUT2D eigenvalue weighted by atomic mass is 19.1. The van der Waals surface area contributed by atoms with Crippen LogP contribution in [0.3, 0.4) is 0 Å². The molecular formula is C12H11FO. The van der Waals surface area contributed by atoms with E-state index in [1.54, 1.807) is 12.1 Å². The molecule has 0 saturated heterocycles. The fraction of sp³-hybridized carbons (Fsp3) is 0.333. The van der Waals surface area contributed by atoms with E-state index in [-0.39, 0.29) is 5.82 Å². The van der Waals surface area contributed by atoms with Gasteiger partial charge in [-0.15, -0.1) is 6.42 Å². The average Bonchev–Trinajstić information content (AvgIpc) is 2.99. The van der Waals surface area contributed by atoms with E-state index in [0.29, 0.717) is 23.8 Å². The SMILES string of the molecule is C#Cc1ccc(OCC2CC2)c(F)c1. The van der Waals surface area contributed by atoms with Gasteiger partial charge in [-0.2, -0.15) is 0 Å². The Bertz CT molecular complexity index is 374. The molecule has 1 nitrogen and oxygen atoms in total. The lowest BCUT2D eigenvalue weighted by Gasteiger charge is -2.05. The third-order valence-electron chi connectivity index (χ3n) is 2.27. The zero-order valence-electron chi connectivity index (χ0n) is 7.79. The quantitative estimate of drug-likeness (QED) is 0.666. The van der Waals surface area contributed by atoms with Crippen molar-refractivity contribution < 1.29 is 9.13 Å². The summed E-state index contributed by atoms with van der Waals surface area (Å²) in [6, 6.07) is 4.60. The van der Waals surface area contributed by atoms with E-state index < -0.39 is 0 Å². The summed E-state index contributed by atoms with van der Waals surface area (Å²) in [7, 11) is 0. The highest BCUT2D eigenvalue weighted by Crippen LogP contribution is 2.30. The van der Waals surface area contributed by atoms with Crippen molar-refractivity contribution in [1.29, 1.82) is 0 Å². The summed E-state index contributed by atoms with van der Waals surface area (Å²) in [6.07, 6.45) is 7.54. The van der Waals surface area contributed by atoms with Gasteiger partial charge in [0.2, 0.25) is 0 Å². The molecule has 0 unspecified atom stereocenters. The van der Waals surface area contributed by atoms with E-state index in [9.17, 15) is 4.39 Å². The Labute approximate surface area is 82.9 Å². The molecule has 14 heavy (non-hydrogen) atoms. The maximum absolute atomic E-state index is 13.3. The van der Waals surface area contributed by atoms with Crippen molar-refractivity contribution in [2.75, 3.05) is 6.61 Å². The molecular weight excluding hydrogens is 179 g/mol. The lowest BCUT2D eigenvalue weighted by molar-refractivity contribution is 0.285. The van der Waals surface area contributed by atoms with Gasteiger partial charge in [0, 0.05) is 5.56 Å². The van der Waals surface area contributed by atoms with Crippen LogP contribution in [0.25, 0.3) is 0 Å².